The zero-order valence-corrected chi connectivity index (χ0v) is 17.2. The zero-order chi connectivity index (χ0) is 21.8. The van der Waals surface area contributed by atoms with Gasteiger partial charge in [-0.05, 0) is 42.5 Å². The maximum absolute atomic E-state index is 11.3. The molecular formula is C23H18N4O3S. The second kappa shape index (κ2) is 8.85. The molecule has 4 aromatic rings. The summed E-state index contributed by atoms with van der Waals surface area (Å²) in [5.41, 5.74) is 8.05. The molecule has 4 rings (SSSR count). The monoisotopic (exact) mass is 430 g/mol. The fraction of sp³-hybridized carbons (Fsp3) is 0.0435. The van der Waals surface area contributed by atoms with Crippen LogP contribution in [0.2, 0.25) is 0 Å². The average Bonchev–Trinajstić information content (AvgIpc) is 3.11. The first-order chi connectivity index (χ1) is 15.0. The average molecular weight is 430 g/mol. The summed E-state index contributed by atoms with van der Waals surface area (Å²) < 4.78 is 1.82. The van der Waals surface area contributed by atoms with E-state index in [1.54, 1.807) is 18.3 Å². The second-order valence-electron chi connectivity index (χ2n) is 6.80. The van der Waals surface area contributed by atoms with Crippen molar-refractivity contribution >= 4 is 46.2 Å². The molecular weight excluding hydrogens is 412 g/mol. The molecule has 0 unspecified atom stereocenters. The lowest BCUT2D eigenvalue weighted by Crippen LogP contribution is -2.17. The number of para-hydroxylation sites is 1. The number of carbonyl (C=O) groups excluding carboxylic acids is 1. The number of nitrogens with two attached hydrogens (primary N) is 1. The van der Waals surface area contributed by atoms with Crippen LogP contribution < -0.4 is 5.73 Å². The van der Waals surface area contributed by atoms with Gasteiger partial charge in [0.15, 0.2) is 0 Å². The number of fused-ring (bicyclic) bond motifs is 1. The fourth-order valence-electron chi connectivity index (χ4n) is 3.19. The number of hydrogen-bond acceptors (Lipinski definition) is 5. The van der Waals surface area contributed by atoms with E-state index in [0.717, 1.165) is 31.9 Å². The predicted octanol–water partition coefficient (Wildman–Crippen LogP) is 4.94. The summed E-state index contributed by atoms with van der Waals surface area (Å²) in [6.45, 7) is 0.114. The van der Waals surface area contributed by atoms with Crippen molar-refractivity contribution in [3.63, 3.8) is 0 Å². The third-order valence-corrected chi connectivity index (χ3v) is 5.63. The summed E-state index contributed by atoms with van der Waals surface area (Å²) in [5, 5.41) is 11.8. The number of amides is 1. The van der Waals surface area contributed by atoms with Crippen LogP contribution in [0.25, 0.3) is 10.9 Å². The van der Waals surface area contributed by atoms with E-state index >= 15 is 0 Å². The van der Waals surface area contributed by atoms with Crippen molar-refractivity contribution in [1.29, 1.82) is 0 Å². The number of rotatable bonds is 7. The van der Waals surface area contributed by atoms with E-state index in [2.05, 4.69) is 4.99 Å². The largest absolute Gasteiger partial charge is 0.368 e. The SMILES string of the molecule is NC(=O)Cn1cc(C=Nc2ccc(Sc3ccc([N+](=O)[O-])cc3)cc2)c2ccccc21. The first-order valence-electron chi connectivity index (χ1n) is 9.42. The van der Waals surface area contributed by atoms with Crippen LogP contribution >= 0.6 is 11.8 Å². The Morgan fingerprint density at radius 3 is 2.32 bits per heavy atom. The Hall–Kier alpha value is -3.91. The molecule has 3 aromatic carbocycles. The van der Waals surface area contributed by atoms with Gasteiger partial charge in [0.2, 0.25) is 5.91 Å². The van der Waals surface area contributed by atoms with Crippen molar-refractivity contribution in [2.75, 3.05) is 0 Å². The minimum absolute atomic E-state index is 0.0752. The van der Waals surface area contributed by atoms with Crippen LogP contribution in [0, 0.1) is 10.1 Å². The molecule has 1 amide bonds. The lowest BCUT2D eigenvalue weighted by molar-refractivity contribution is -0.384. The van der Waals surface area contributed by atoms with Crippen molar-refractivity contribution in [1.82, 2.24) is 4.57 Å². The van der Waals surface area contributed by atoms with E-state index < -0.39 is 10.8 Å². The van der Waals surface area contributed by atoms with Crippen LogP contribution in [0.3, 0.4) is 0 Å². The first kappa shape index (κ1) is 20.4. The normalized spacial score (nSPS) is 11.2. The van der Waals surface area contributed by atoms with Crippen molar-refractivity contribution in [2.45, 2.75) is 16.3 Å². The van der Waals surface area contributed by atoms with Gasteiger partial charge in [-0.2, -0.15) is 0 Å². The molecule has 0 fully saturated rings. The summed E-state index contributed by atoms with van der Waals surface area (Å²) in [6.07, 6.45) is 3.65. The third-order valence-electron chi connectivity index (χ3n) is 4.62. The van der Waals surface area contributed by atoms with Gasteiger partial charge in [0, 0.05) is 50.8 Å². The molecule has 154 valence electrons. The second-order valence-corrected chi connectivity index (χ2v) is 7.95. The first-order valence-corrected chi connectivity index (χ1v) is 10.2. The number of carbonyl (C=O) groups is 1. The van der Waals surface area contributed by atoms with Crippen molar-refractivity contribution in [3.05, 3.63) is 94.7 Å². The quantitative estimate of drug-likeness (QED) is 0.255. The molecule has 2 N–H and O–H groups in total. The highest BCUT2D eigenvalue weighted by Crippen LogP contribution is 2.30. The number of nitrogens with zero attached hydrogens (tertiary/aromatic N) is 3. The maximum Gasteiger partial charge on any atom is 0.269 e. The molecule has 0 spiro atoms. The topological polar surface area (TPSA) is 104 Å². The predicted molar refractivity (Wildman–Crippen MR) is 122 cm³/mol. The minimum atomic E-state index is -0.410. The number of nitro groups is 1. The van der Waals surface area contributed by atoms with Gasteiger partial charge in [-0.1, -0.05) is 30.0 Å². The van der Waals surface area contributed by atoms with Gasteiger partial charge >= 0.3 is 0 Å². The molecule has 0 saturated carbocycles. The van der Waals surface area contributed by atoms with Crippen LogP contribution in [0.4, 0.5) is 11.4 Å². The Balaban J connectivity index is 1.50. The highest BCUT2D eigenvalue weighted by Gasteiger charge is 2.08. The van der Waals surface area contributed by atoms with Gasteiger partial charge in [-0.25, -0.2) is 0 Å². The summed E-state index contributed by atoms with van der Waals surface area (Å²) in [4.78, 5) is 28.2. The van der Waals surface area contributed by atoms with E-state index in [1.165, 1.54) is 23.9 Å². The number of non-ortho nitro benzene ring substituents is 1. The molecule has 0 atom stereocenters. The van der Waals surface area contributed by atoms with Gasteiger partial charge in [-0.15, -0.1) is 0 Å². The van der Waals surface area contributed by atoms with Crippen LogP contribution in [-0.2, 0) is 11.3 Å². The Morgan fingerprint density at radius 2 is 1.68 bits per heavy atom. The van der Waals surface area contributed by atoms with Gasteiger partial charge in [-0.3, -0.25) is 19.9 Å². The number of aromatic nitrogens is 1. The molecule has 0 saturated heterocycles. The molecule has 31 heavy (non-hydrogen) atoms. The van der Waals surface area contributed by atoms with Gasteiger partial charge in [0.1, 0.15) is 6.54 Å². The van der Waals surface area contributed by atoms with Crippen molar-refractivity contribution in [3.8, 4) is 0 Å². The minimum Gasteiger partial charge on any atom is -0.368 e. The Bertz CT molecular complexity index is 1280. The highest BCUT2D eigenvalue weighted by molar-refractivity contribution is 7.99. The summed E-state index contributed by atoms with van der Waals surface area (Å²) in [7, 11) is 0. The molecule has 7 nitrogen and oxygen atoms in total. The Kier molecular flexibility index (Phi) is 5.81. The van der Waals surface area contributed by atoms with Crippen LogP contribution in [0.1, 0.15) is 5.56 Å². The Labute approximate surface area is 182 Å². The fourth-order valence-corrected chi connectivity index (χ4v) is 4.01. The number of hydrogen-bond donors (Lipinski definition) is 1. The molecule has 0 aliphatic carbocycles. The summed E-state index contributed by atoms with van der Waals surface area (Å²) >= 11 is 1.52. The lowest BCUT2D eigenvalue weighted by Gasteiger charge is -2.02. The third kappa shape index (κ3) is 4.81. The van der Waals surface area contributed by atoms with Crippen molar-refractivity contribution in [2.24, 2.45) is 10.7 Å². The van der Waals surface area contributed by atoms with Gasteiger partial charge in [0.25, 0.3) is 5.69 Å². The maximum atomic E-state index is 11.3. The number of primary amides is 1. The standard InChI is InChI=1S/C23H18N4O3S/c24-23(28)15-26-14-16(21-3-1-2-4-22(21)26)13-25-17-5-9-19(10-6-17)31-20-11-7-18(8-12-20)27(29)30/h1-14H,15H2,(H2,24,28). The molecule has 8 heteroatoms. The lowest BCUT2D eigenvalue weighted by atomic mass is 10.2. The van der Waals surface area contributed by atoms with Crippen LogP contribution in [-0.4, -0.2) is 21.6 Å². The van der Waals surface area contributed by atoms with Gasteiger partial charge in [0.05, 0.1) is 10.6 Å². The van der Waals surface area contributed by atoms with E-state index in [-0.39, 0.29) is 12.2 Å². The number of benzene rings is 3. The molecule has 0 aliphatic heterocycles. The van der Waals surface area contributed by atoms with E-state index in [1.807, 2.05) is 59.3 Å². The van der Waals surface area contributed by atoms with Crippen LogP contribution in [0.5, 0.6) is 0 Å². The number of nitro benzene ring substituents is 1. The molecule has 1 heterocycles. The molecule has 1 aromatic heterocycles. The smallest absolute Gasteiger partial charge is 0.269 e. The molecule has 0 bridgehead atoms. The highest BCUT2D eigenvalue weighted by atomic mass is 32.2. The molecule has 0 aliphatic rings. The van der Waals surface area contributed by atoms with E-state index in [0.29, 0.717) is 0 Å². The summed E-state index contributed by atoms with van der Waals surface area (Å²) in [5.74, 6) is -0.398. The van der Waals surface area contributed by atoms with E-state index in [4.69, 9.17) is 5.73 Å². The van der Waals surface area contributed by atoms with Gasteiger partial charge < -0.3 is 10.3 Å². The van der Waals surface area contributed by atoms with Crippen LogP contribution in [0.15, 0.2) is 93.8 Å². The molecule has 0 radical (unpaired) electrons. The Morgan fingerprint density at radius 1 is 1.03 bits per heavy atom. The zero-order valence-electron chi connectivity index (χ0n) is 16.3. The van der Waals surface area contributed by atoms with E-state index in [9.17, 15) is 14.9 Å². The summed E-state index contributed by atoms with van der Waals surface area (Å²) in [6, 6.07) is 22.0. The van der Waals surface area contributed by atoms with Crippen molar-refractivity contribution < 1.29 is 9.72 Å². The number of aliphatic imine (C=N–C) groups is 1.